The van der Waals surface area contributed by atoms with E-state index < -0.39 is 41.1 Å². The Kier molecular flexibility index (Phi) is 23.7. The third kappa shape index (κ3) is 18.5. The number of quaternary nitrogens is 1. The number of halogens is 6. The van der Waals surface area contributed by atoms with Crippen LogP contribution in [0.2, 0.25) is 0 Å². The number of rotatable bonds is 31. The molecule has 16 nitrogen and oxygen atoms in total. The van der Waals surface area contributed by atoms with E-state index in [0.717, 1.165) is 67.8 Å². The number of benzene rings is 3. The molecule has 0 amide bonds. The molecule has 0 bridgehead atoms. The summed E-state index contributed by atoms with van der Waals surface area (Å²) in [6.45, 7) is 1.40. The van der Waals surface area contributed by atoms with Crippen LogP contribution in [-0.2, 0) is 68.9 Å². The molecule has 0 saturated carbocycles. The lowest BCUT2D eigenvalue weighted by atomic mass is 9.96. The van der Waals surface area contributed by atoms with Gasteiger partial charge in [0.2, 0.25) is 0 Å². The lowest BCUT2D eigenvalue weighted by Crippen LogP contribution is -3.01. The van der Waals surface area contributed by atoms with Gasteiger partial charge in [0.25, 0.3) is 30.4 Å². The van der Waals surface area contributed by atoms with Crippen molar-refractivity contribution in [3.8, 4) is 0 Å². The molecule has 420 valence electrons. The number of hydrogen-bond acceptors (Lipinski definition) is 12. The molecule has 3 unspecified atom stereocenters. The van der Waals surface area contributed by atoms with Crippen LogP contribution < -0.4 is 30.4 Å². The van der Waals surface area contributed by atoms with E-state index in [1.54, 1.807) is 0 Å². The highest BCUT2D eigenvalue weighted by Gasteiger charge is 2.30. The minimum Gasteiger partial charge on any atom is -0.627 e. The molecule has 3 aromatic carbocycles. The van der Waals surface area contributed by atoms with Gasteiger partial charge in [0.05, 0.1) is 50.8 Å². The van der Waals surface area contributed by atoms with Crippen molar-refractivity contribution in [1.82, 2.24) is 0 Å². The van der Waals surface area contributed by atoms with E-state index in [1.165, 1.54) is 0 Å². The molecule has 0 aliphatic carbocycles. The Bertz CT molecular complexity index is 2970. The number of aryl methyl sites for hydroxylation is 4. The Morgan fingerprint density at radius 1 is 0.539 bits per heavy atom. The normalized spacial score (nSPS) is 17.6. The van der Waals surface area contributed by atoms with Crippen LogP contribution in [0.1, 0.15) is 71.9 Å². The summed E-state index contributed by atoms with van der Waals surface area (Å²) in [6, 6.07) is 12.1. The third-order valence-electron chi connectivity index (χ3n) is 13.2. The minimum atomic E-state index is -4.14. The predicted octanol–water partition coefficient (Wildman–Crippen LogP) is 9.57. The summed E-state index contributed by atoms with van der Waals surface area (Å²) in [7, 11) is -12.4. The molecule has 0 radical (unpaired) electrons. The van der Waals surface area contributed by atoms with Gasteiger partial charge in [-0.3, -0.25) is 13.7 Å². The third-order valence-corrected chi connectivity index (χ3v) is 17.0. The molecule has 3 aromatic rings. The molecule has 3 aliphatic rings. The topological polar surface area (TPSA) is 224 Å². The molecule has 0 saturated heterocycles. The van der Waals surface area contributed by atoms with E-state index in [9.17, 15) is 44.1 Å². The molecular weight excluding hydrogens is 1170 g/mol. The molecule has 3 atom stereocenters. The zero-order valence-corrected chi connectivity index (χ0v) is 48.9. The first kappa shape index (κ1) is 62.2. The van der Waals surface area contributed by atoms with E-state index in [4.69, 9.17) is 69.6 Å². The second-order valence-corrected chi connectivity index (χ2v) is 26.2. The molecule has 3 aliphatic heterocycles. The fourth-order valence-corrected chi connectivity index (χ4v) is 12.6. The number of nitrogens with one attached hydrogen (secondary N) is 3. The summed E-state index contributed by atoms with van der Waals surface area (Å²) in [5.41, 5.74) is 10.7. The summed E-state index contributed by atoms with van der Waals surface area (Å²) in [5, 5.41) is 19.3. The van der Waals surface area contributed by atoms with Crippen LogP contribution in [0.3, 0.4) is 0 Å². The SMILES string of the molecule is O=S(=O)(O)CCCCN1C[NH+]([O-])c2cc(CC(Cl)C=CC=C3Nc4cc(CCCl)c(CCCl)cc4N3CCCCS(=O)(=O)O)c(CC(Cl)C=CC=C3Nc4cc(CCCl)c(CCCl)cc4N3CCCCS(=O)(=O)O)cc21. The second kappa shape index (κ2) is 28.9. The van der Waals surface area contributed by atoms with Crippen LogP contribution in [-0.4, -0.2) is 117 Å². The van der Waals surface area contributed by atoms with Crippen molar-refractivity contribution < 1.29 is 44.0 Å². The predicted molar refractivity (Wildman–Crippen MR) is 313 cm³/mol. The van der Waals surface area contributed by atoms with Crippen molar-refractivity contribution in [2.24, 2.45) is 0 Å². The highest BCUT2D eigenvalue weighted by molar-refractivity contribution is 7.86. The largest absolute Gasteiger partial charge is 0.627 e. The molecule has 0 fully saturated rings. The van der Waals surface area contributed by atoms with Crippen LogP contribution >= 0.6 is 69.6 Å². The van der Waals surface area contributed by atoms with Gasteiger partial charge in [-0.15, -0.1) is 69.6 Å². The molecule has 76 heavy (non-hydrogen) atoms. The zero-order valence-electron chi connectivity index (χ0n) is 41.9. The van der Waals surface area contributed by atoms with Crippen molar-refractivity contribution in [3.63, 3.8) is 0 Å². The van der Waals surface area contributed by atoms with Crippen LogP contribution in [0, 0.1) is 5.21 Å². The van der Waals surface area contributed by atoms with Crippen LogP contribution in [0.5, 0.6) is 0 Å². The number of hydroxylamine groups is 1. The van der Waals surface area contributed by atoms with E-state index in [0.29, 0.717) is 112 Å². The highest BCUT2D eigenvalue weighted by atomic mass is 35.5. The molecule has 25 heteroatoms. The van der Waals surface area contributed by atoms with E-state index in [2.05, 4.69) is 44.7 Å². The molecular formula is C51H66Cl6N6O10S3. The number of nitrogens with zero attached hydrogens (tertiary/aromatic N) is 3. The van der Waals surface area contributed by atoms with Gasteiger partial charge in [0.15, 0.2) is 12.4 Å². The number of hydrogen-bond donors (Lipinski definition) is 6. The molecule has 0 aromatic heterocycles. The Labute approximate surface area is 477 Å². The van der Waals surface area contributed by atoms with Crippen molar-refractivity contribution in [3.05, 3.63) is 123 Å². The first-order valence-corrected chi connectivity index (χ1v) is 32.9. The van der Waals surface area contributed by atoms with Gasteiger partial charge in [0, 0.05) is 49.2 Å². The summed E-state index contributed by atoms with van der Waals surface area (Å²) in [6.07, 6.45) is 16.5. The monoisotopic (exact) mass is 1230 g/mol. The quantitative estimate of drug-likeness (QED) is 0.0153. The first-order valence-electron chi connectivity index (χ1n) is 25.1. The Morgan fingerprint density at radius 2 is 0.908 bits per heavy atom. The van der Waals surface area contributed by atoms with Gasteiger partial charge in [-0.25, -0.2) is 0 Å². The first-order chi connectivity index (χ1) is 36.1. The number of unbranched alkanes of at least 4 members (excludes halogenated alkanes) is 3. The Hall–Kier alpha value is -2.99. The maximum Gasteiger partial charge on any atom is 0.264 e. The van der Waals surface area contributed by atoms with E-state index in [1.807, 2.05) is 53.5 Å². The van der Waals surface area contributed by atoms with E-state index >= 15 is 0 Å². The second-order valence-electron chi connectivity index (χ2n) is 18.9. The molecule has 6 N–H and O–H groups in total. The lowest BCUT2D eigenvalue weighted by Gasteiger charge is -2.21. The fourth-order valence-electron chi connectivity index (χ4n) is 9.62. The molecule has 0 spiro atoms. The zero-order chi connectivity index (χ0) is 55.2. The summed E-state index contributed by atoms with van der Waals surface area (Å²) in [5.74, 6) is 2.09. The van der Waals surface area contributed by atoms with Crippen LogP contribution in [0.15, 0.2) is 84.5 Å². The maximum absolute atomic E-state index is 13.5. The van der Waals surface area contributed by atoms with E-state index in [-0.39, 0.29) is 48.3 Å². The average molecular weight is 1230 g/mol. The minimum absolute atomic E-state index is 0.0953. The van der Waals surface area contributed by atoms with Crippen molar-refractivity contribution >= 4 is 134 Å². The number of alkyl halides is 6. The number of fused-ring (bicyclic) bond motifs is 3. The lowest BCUT2D eigenvalue weighted by molar-refractivity contribution is -0.768. The molecule has 6 rings (SSSR count). The van der Waals surface area contributed by atoms with Gasteiger partial charge in [-0.05, 0) is 153 Å². The average Bonchev–Trinajstić information content (AvgIpc) is 3.95. The van der Waals surface area contributed by atoms with Crippen molar-refractivity contribution in [1.29, 1.82) is 0 Å². The highest BCUT2D eigenvalue weighted by Crippen LogP contribution is 2.41. The van der Waals surface area contributed by atoms with Crippen molar-refractivity contribution in [2.75, 3.05) is 92.4 Å². The van der Waals surface area contributed by atoms with Gasteiger partial charge in [-0.2, -0.15) is 25.3 Å². The number of allylic oxidation sites excluding steroid dienone is 6. The fraction of sp³-hybridized carbons (Fsp3) is 0.490. The summed E-state index contributed by atoms with van der Waals surface area (Å²) in [4.78, 5) is 6.03. The Balaban J connectivity index is 1.26. The summed E-state index contributed by atoms with van der Waals surface area (Å²) >= 11 is 39.0. The van der Waals surface area contributed by atoms with Crippen LogP contribution in [0.4, 0.5) is 34.1 Å². The van der Waals surface area contributed by atoms with Gasteiger partial charge >= 0.3 is 0 Å². The van der Waals surface area contributed by atoms with Crippen LogP contribution in [0.25, 0.3) is 0 Å². The standard InChI is InChI=1S/C51H66Cl6N6O10S3/c52-17-13-36-29-44-46(31-38(36)15-19-54)61(22-2-5-25-75(68,69)70)50(58-44)11-7-9-42(56)27-40-33-48-49(63(64)35-60(48)21-1-4-24-74(65,66)67)34-41(40)28-43(57)10-8-12-51-59-45-30-37(14-18-53)39(16-20-55)32-47(45)62(51)23-3-6-26-76(71,72)73/h7-12,29-34,42-43,58-59,63H,1-6,13-28,35H2,(H,65,66,67)(H,68,69,70)(H,71,72,73). The maximum atomic E-state index is 13.5. The van der Waals surface area contributed by atoms with Gasteiger partial charge in [0.1, 0.15) is 17.3 Å². The Morgan fingerprint density at radius 3 is 1.30 bits per heavy atom. The number of anilines is 5. The van der Waals surface area contributed by atoms with Gasteiger partial charge in [-0.1, -0.05) is 24.3 Å². The van der Waals surface area contributed by atoms with Crippen molar-refractivity contribution in [2.45, 2.75) is 87.8 Å². The molecule has 3 heterocycles. The summed E-state index contributed by atoms with van der Waals surface area (Å²) < 4.78 is 96.9. The smallest absolute Gasteiger partial charge is 0.264 e. The van der Waals surface area contributed by atoms with Gasteiger partial charge < -0.3 is 35.6 Å².